The molecule has 0 unspecified atom stereocenters. The van der Waals surface area contributed by atoms with Crippen molar-refractivity contribution in [2.45, 2.75) is 4.90 Å². The van der Waals surface area contributed by atoms with E-state index in [1.807, 2.05) is 24.3 Å². The number of nitrogens with two attached hydrogens (primary N) is 2. The number of nitrogen functional groups attached to an aromatic ring is 2. The largest absolute Gasteiger partial charge is 0.480 e. The number of aromatic nitrogens is 2. The highest BCUT2D eigenvalue weighted by molar-refractivity contribution is 9.10. The fourth-order valence-electron chi connectivity index (χ4n) is 3.04. The molecule has 0 radical (unpaired) electrons. The standard InChI is InChI=1S/C21H18BrN5O3S/c1-30-21-19(27-31(28,29)16-5-3-15(23)4-6-16)10-14(11-25-21)12-2-7-18-13(8-12)9-17(22)20(24)26-18/h2-11,27H,23H2,1H3,(H2,24,26). The fourth-order valence-corrected chi connectivity index (χ4v) is 4.42. The Balaban J connectivity index is 1.75. The van der Waals surface area contributed by atoms with Crippen LogP contribution >= 0.6 is 15.9 Å². The summed E-state index contributed by atoms with van der Waals surface area (Å²) in [6.45, 7) is 0. The van der Waals surface area contributed by atoms with Gasteiger partial charge in [-0.25, -0.2) is 18.4 Å². The van der Waals surface area contributed by atoms with Crippen molar-refractivity contribution in [3.05, 3.63) is 65.3 Å². The monoisotopic (exact) mass is 499 g/mol. The summed E-state index contributed by atoms with van der Waals surface area (Å²) >= 11 is 3.39. The zero-order chi connectivity index (χ0) is 22.2. The molecule has 0 spiro atoms. The number of nitrogens with one attached hydrogen (secondary N) is 1. The number of fused-ring (bicyclic) bond motifs is 1. The van der Waals surface area contributed by atoms with Gasteiger partial charge in [0.2, 0.25) is 5.88 Å². The molecule has 2 heterocycles. The third-order valence-corrected chi connectivity index (χ3v) is 6.62. The number of rotatable bonds is 5. The van der Waals surface area contributed by atoms with Gasteiger partial charge >= 0.3 is 0 Å². The molecule has 0 aliphatic carbocycles. The Bertz CT molecular complexity index is 1390. The topological polar surface area (TPSA) is 133 Å². The normalized spacial score (nSPS) is 11.4. The van der Waals surface area contributed by atoms with E-state index in [2.05, 4.69) is 30.6 Å². The minimum atomic E-state index is -3.86. The molecular formula is C21H18BrN5O3S. The van der Waals surface area contributed by atoms with Gasteiger partial charge in [0, 0.05) is 22.8 Å². The van der Waals surface area contributed by atoms with Crippen LogP contribution in [0.3, 0.4) is 0 Å². The minimum Gasteiger partial charge on any atom is -0.480 e. The van der Waals surface area contributed by atoms with Crippen molar-refractivity contribution in [1.29, 1.82) is 0 Å². The van der Waals surface area contributed by atoms with Gasteiger partial charge in [-0.05, 0) is 70.0 Å². The maximum Gasteiger partial charge on any atom is 0.262 e. The number of sulfonamides is 1. The summed E-state index contributed by atoms with van der Waals surface area (Å²) in [6.07, 6.45) is 1.61. The van der Waals surface area contributed by atoms with Crippen molar-refractivity contribution in [2.75, 3.05) is 23.3 Å². The van der Waals surface area contributed by atoms with Crippen LogP contribution < -0.4 is 20.9 Å². The highest BCUT2D eigenvalue weighted by Crippen LogP contribution is 2.32. The lowest BCUT2D eigenvalue weighted by atomic mass is 10.0. The lowest BCUT2D eigenvalue weighted by molar-refractivity contribution is 0.400. The summed E-state index contributed by atoms with van der Waals surface area (Å²) in [5, 5.41) is 0.874. The molecule has 4 rings (SSSR count). The molecule has 5 N–H and O–H groups in total. The molecule has 0 aliphatic rings. The van der Waals surface area contributed by atoms with Gasteiger partial charge in [0.25, 0.3) is 10.0 Å². The third kappa shape index (κ3) is 4.25. The Morgan fingerprint density at radius 1 is 1.00 bits per heavy atom. The Morgan fingerprint density at radius 3 is 2.45 bits per heavy atom. The van der Waals surface area contributed by atoms with Crippen LogP contribution in [0.4, 0.5) is 17.2 Å². The highest BCUT2D eigenvalue weighted by atomic mass is 79.9. The van der Waals surface area contributed by atoms with Crippen LogP contribution in [0.1, 0.15) is 0 Å². The Labute approximate surface area is 187 Å². The van der Waals surface area contributed by atoms with Gasteiger partial charge in [-0.1, -0.05) is 6.07 Å². The summed E-state index contributed by atoms with van der Waals surface area (Å²) in [7, 11) is -2.44. The predicted molar refractivity (Wildman–Crippen MR) is 125 cm³/mol. The molecule has 2 aromatic carbocycles. The number of nitrogens with zero attached hydrogens (tertiary/aromatic N) is 2. The van der Waals surface area contributed by atoms with Crippen molar-refractivity contribution in [3.8, 4) is 17.0 Å². The van der Waals surface area contributed by atoms with Gasteiger partial charge in [-0.15, -0.1) is 0 Å². The molecule has 4 aromatic rings. The van der Waals surface area contributed by atoms with E-state index in [4.69, 9.17) is 16.2 Å². The van der Waals surface area contributed by atoms with Gasteiger partial charge in [0.05, 0.1) is 22.0 Å². The van der Waals surface area contributed by atoms with Crippen molar-refractivity contribution >= 4 is 54.0 Å². The van der Waals surface area contributed by atoms with Crippen molar-refractivity contribution in [1.82, 2.24) is 9.97 Å². The van der Waals surface area contributed by atoms with Crippen molar-refractivity contribution in [2.24, 2.45) is 0 Å². The second-order valence-electron chi connectivity index (χ2n) is 6.72. The molecule has 0 bridgehead atoms. The lowest BCUT2D eigenvalue weighted by Crippen LogP contribution is -2.14. The second kappa shape index (κ2) is 8.05. The number of halogens is 1. The Hall–Kier alpha value is -3.37. The molecule has 0 atom stereocenters. The van der Waals surface area contributed by atoms with Crippen LogP contribution in [0, 0.1) is 0 Å². The van der Waals surface area contributed by atoms with E-state index < -0.39 is 10.0 Å². The first-order chi connectivity index (χ1) is 14.8. The average molecular weight is 500 g/mol. The quantitative estimate of drug-likeness (QED) is 0.352. The Kier molecular flexibility index (Phi) is 5.42. The lowest BCUT2D eigenvalue weighted by Gasteiger charge is -2.13. The molecule has 0 fully saturated rings. The van der Waals surface area contributed by atoms with E-state index in [1.165, 1.54) is 31.4 Å². The first kappa shape index (κ1) is 20.9. The summed E-state index contributed by atoms with van der Waals surface area (Å²) < 4.78 is 34.1. The number of hydrogen-bond acceptors (Lipinski definition) is 7. The molecular weight excluding hydrogens is 482 g/mol. The summed E-state index contributed by atoms with van der Waals surface area (Å²) in [5.74, 6) is 0.562. The van der Waals surface area contributed by atoms with Crippen molar-refractivity contribution in [3.63, 3.8) is 0 Å². The van der Waals surface area contributed by atoms with E-state index in [-0.39, 0.29) is 16.5 Å². The first-order valence-corrected chi connectivity index (χ1v) is 11.3. The molecule has 10 heteroatoms. The molecule has 2 aromatic heterocycles. The van der Waals surface area contributed by atoms with Gasteiger partial charge in [0.1, 0.15) is 11.5 Å². The molecule has 31 heavy (non-hydrogen) atoms. The van der Waals surface area contributed by atoms with E-state index in [0.29, 0.717) is 21.5 Å². The SMILES string of the molecule is COc1ncc(-c2ccc3nc(N)c(Br)cc3c2)cc1NS(=O)(=O)c1ccc(N)cc1. The third-order valence-electron chi connectivity index (χ3n) is 4.61. The summed E-state index contributed by atoms with van der Waals surface area (Å²) in [5.41, 5.74) is 14.5. The number of anilines is 3. The maximum absolute atomic E-state index is 12.8. The van der Waals surface area contributed by atoms with Gasteiger partial charge < -0.3 is 16.2 Å². The van der Waals surface area contributed by atoms with Crippen LogP contribution in [-0.4, -0.2) is 25.5 Å². The van der Waals surface area contributed by atoms with Crippen LogP contribution in [-0.2, 0) is 10.0 Å². The molecule has 0 amide bonds. The number of benzene rings is 2. The second-order valence-corrected chi connectivity index (χ2v) is 9.26. The smallest absolute Gasteiger partial charge is 0.262 e. The number of ether oxygens (including phenoxy) is 1. The predicted octanol–water partition coefficient (Wildman–Crippen LogP) is 4.03. The summed E-state index contributed by atoms with van der Waals surface area (Å²) in [4.78, 5) is 8.68. The zero-order valence-corrected chi connectivity index (χ0v) is 18.7. The molecule has 158 valence electrons. The summed E-state index contributed by atoms with van der Waals surface area (Å²) in [6, 6.07) is 15.1. The van der Waals surface area contributed by atoms with Gasteiger partial charge in [-0.2, -0.15) is 0 Å². The Morgan fingerprint density at radius 2 is 1.74 bits per heavy atom. The van der Waals surface area contributed by atoms with E-state index in [9.17, 15) is 8.42 Å². The van der Waals surface area contributed by atoms with Crippen LogP contribution in [0.5, 0.6) is 5.88 Å². The maximum atomic E-state index is 12.8. The number of hydrogen-bond donors (Lipinski definition) is 3. The van der Waals surface area contributed by atoms with E-state index in [1.54, 1.807) is 12.3 Å². The van der Waals surface area contributed by atoms with Gasteiger partial charge in [-0.3, -0.25) is 4.72 Å². The van der Waals surface area contributed by atoms with Crippen molar-refractivity contribution < 1.29 is 13.2 Å². The van der Waals surface area contributed by atoms with Crippen LogP contribution in [0.2, 0.25) is 0 Å². The zero-order valence-electron chi connectivity index (χ0n) is 16.3. The highest BCUT2D eigenvalue weighted by Gasteiger charge is 2.18. The van der Waals surface area contributed by atoms with Crippen LogP contribution in [0.25, 0.3) is 22.0 Å². The van der Waals surface area contributed by atoms with Gasteiger partial charge in [0.15, 0.2) is 0 Å². The van der Waals surface area contributed by atoms with E-state index >= 15 is 0 Å². The van der Waals surface area contributed by atoms with E-state index in [0.717, 1.165) is 16.5 Å². The molecule has 0 saturated carbocycles. The molecule has 0 saturated heterocycles. The number of pyridine rings is 2. The average Bonchev–Trinajstić information content (AvgIpc) is 2.74. The molecule has 0 aliphatic heterocycles. The minimum absolute atomic E-state index is 0.0772. The number of methoxy groups -OCH3 is 1. The van der Waals surface area contributed by atoms with Crippen LogP contribution in [0.15, 0.2) is 70.2 Å². The fraction of sp³-hybridized carbons (Fsp3) is 0.0476. The first-order valence-electron chi connectivity index (χ1n) is 9.05. The molecule has 8 nitrogen and oxygen atoms in total.